The fourth-order valence-electron chi connectivity index (χ4n) is 2.42. The molecule has 1 aromatic rings. The lowest BCUT2D eigenvalue weighted by atomic mass is 10.00. The molecule has 1 aliphatic rings. The first-order chi connectivity index (χ1) is 8.72. The van der Waals surface area contributed by atoms with Gasteiger partial charge in [-0.25, -0.2) is 0 Å². The maximum absolute atomic E-state index is 10.0. The maximum Gasteiger partial charge on any atom is 0.120 e. The van der Waals surface area contributed by atoms with E-state index >= 15 is 0 Å². The van der Waals surface area contributed by atoms with Crippen molar-refractivity contribution in [3.8, 4) is 5.75 Å². The number of piperazine rings is 1. The number of nitrogens with zero attached hydrogens (tertiary/aromatic N) is 1. The standard InChI is InChI=1S/C14H19ClN2O.2ClH/c1-2-3-13(17-8-6-16-7-9-17)12-10-11(15)4-5-14(12)18;;/h2,4-5,10,13,16,18H,1,3,6-9H2;2*1H/t13-;;/m0../s1. The molecule has 0 bridgehead atoms. The van der Waals surface area contributed by atoms with Crippen molar-refractivity contribution in [2.45, 2.75) is 12.5 Å². The highest BCUT2D eigenvalue weighted by Crippen LogP contribution is 2.33. The highest BCUT2D eigenvalue weighted by Gasteiger charge is 2.23. The summed E-state index contributed by atoms with van der Waals surface area (Å²) in [6.45, 7) is 7.73. The Balaban J connectivity index is 0.00000180. The van der Waals surface area contributed by atoms with E-state index in [1.807, 2.05) is 12.1 Å². The second kappa shape index (κ2) is 9.48. The van der Waals surface area contributed by atoms with Gasteiger partial charge in [0.05, 0.1) is 0 Å². The van der Waals surface area contributed by atoms with Gasteiger partial charge in [0.2, 0.25) is 0 Å². The van der Waals surface area contributed by atoms with E-state index < -0.39 is 0 Å². The van der Waals surface area contributed by atoms with Crippen LogP contribution in [0.3, 0.4) is 0 Å². The quantitative estimate of drug-likeness (QED) is 0.825. The Kier molecular flexibility index (Phi) is 9.27. The average Bonchev–Trinajstić information content (AvgIpc) is 2.40. The van der Waals surface area contributed by atoms with Crippen LogP contribution in [0, 0.1) is 0 Å². The third-order valence-corrected chi connectivity index (χ3v) is 3.57. The summed E-state index contributed by atoms with van der Waals surface area (Å²) in [5.74, 6) is 0.310. The van der Waals surface area contributed by atoms with Crippen molar-refractivity contribution >= 4 is 36.4 Å². The Morgan fingerprint density at radius 2 is 2.00 bits per heavy atom. The van der Waals surface area contributed by atoms with Crippen LogP contribution >= 0.6 is 36.4 Å². The van der Waals surface area contributed by atoms with E-state index in [4.69, 9.17) is 11.6 Å². The number of rotatable bonds is 4. The van der Waals surface area contributed by atoms with Crippen molar-refractivity contribution in [3.63, 3.8) is 0 Å². The summed E-state index contributed by atoms with van der Waals surface area (Å²) in [5.41, 5.74) is 0.893. The molecule has 0 radical (unpaired) electrons. The number of phenols is 1. The van der Waals surface area contributed by atoms with Gasteiger partial charge in [-0.3, -0.25) is 4.90 Å². The number of halogens is 3. The number of hydrogen-bond donors (Lipinski definition) is 2. The molecule has 0 amide bonds. The van der Waals surface area contributed by atoms with Gasteiger partial charge in [0.1, 0.15) is 5.75 Å². The predicted octanol–water partition coefficient (Wildman–Crippen LogP) is 3.41. The molecule has 20 heavy (non-hydrogen) atoms. The van der Waals surface area contributed by atoms with Gasteiger partial charge in [0.15, 0.2) is 0 Å². The Morgan fingerprint density at radius 1 is 1.35 bits per heavy atom. The van der Waals surface area contributed by atoms with Crippen molar-refractivity contribution in [2.75, 3.05) is 26.2 Å². The van der Waals surface area contributed by atoms with Gasteiger partial charge in [-0.15, -0.1) is 31.4 Å². The zero-order chi connectivity index (χ0) is 13.0. The van der Waals surface area contributed by atoms with Crippen LogP contribution < -0.4 is 5.32 Å². The van der Waals surface area contributed by atoms with E-state index in [0.29, 0.717) is 10.8 Å². The highest BCUT2D eigenvalue weighted by molar-refractivity contribution is 6.30. The molecular formula is C14H21Cl3N2O. The first-order valence-electron chi connectivity index (χ1n) is 6.26. The molecule has 1 aromatic carbocycles. The van der Waals surface area contributed by atoms with Crippen molar-refractivity contribution in [2.24, 2.45) is 0 Å². The van der Waals surface area contributed by atoms with Crippen LogP contribution in [0.2, 0.25) is 5.02 Å². The molecule has 0 saturated carbocycles. The second-order valence-electron chi connectivity index (χ2n) is 4.53. The normalized spacial score (nSPS) is 16.6. The van der Waals surface area contributed by atoms with Gasteiger partial charge in [0, 0.05) is 42.8 Å². The molecular weight excluding hydrogens is 319 g/mol. The topological polar surface area (TPSA) is 35.5 Å². The van der Waals surface area contributed by atoms with Crippen molar-refractivity contribution in [1.82, 2.24) is 10.2 Å². The molecule has 0 unspecified atom stereocenters. The van der Waals surface area contributed by atoms with Crippen LogP contribution in [0.15, 0.2) is 30.9 Å². The van der Waals surface area contributed by atoms with Crippen molar-refractivity contribution in [3.05, 3.63) is 41.4 Å². The molecule has 0 aromatic heterocycles. The third-order valence-electron chi connectivity index (χ3n) is 3.33. The molecule has 1 aliphatic heterocycles. The van der Waals surface area contributed by atoms with Gasteiger partial charge in [-0.05, 0) is 24.6 Å². The lowest BCUT2D eigenvalue weighted by Gasteiger charge is -2.35. The molecule has 6 heteroatoms. The van der Waals surface area contributed by atoms with Crippen LogP contribution in [-0.4, -0.2) is 36.2 Å². The number of phenolic OH excluding ortho intramolecular Hbond substituents is 1. The summed E-state index contributed by atoms with van der Waals surface area (Å²) in [4.78, 5) is 2.36. The number of hydrogen-bond acceptors (Lipinski definition) is 3. The molecule has 2 N–H and O–H groups in total. The summed E-state index contributed by atoms with van der Waals surface area (Å²) < 4.78 is 0. The number of benzene rings is 1. The maximum atomic E-state index is 10.0. The summed E-state index contributed by atoms with van der Waals surface area (Å²) >= 11 is 6.03. The largest absolute Gasteiger partial charge is 0.508 e. The van der Waals surface area contributed by atoms with Gasteiger partial charge >= 0.3 is 0 Å². The Bertz CT molecular complexity index is 423. The second-order valence-corrected chi connectivity index (χ2v) is 4.97. The van der Waals surface area contributed by atoms with Crippen molar-refractivity contribution < 1.29 is 5.11 Å². The van der Waals surface area contributed by atoms with E-state index in [2.05, 4.69) is 16.8 Å². The summed E-state index contributed by atoms with van der Waals surface area (Å²) in [6, 6.07) is 5.38. The number of aromatic hydroxyl groups is 1. The predicted molar refractivity (Wildman–Crippen MR) is 89.6 cm³/mol. The highest BCUT2D eigenvalue weighted by atomic mass is 35.5. The minimum absolute atomic E-state index is 0. The van der Waals surface area contributed by atoms with Crippen LogP contribution in [0.25, 0.3) is 0 Å². The lowest BCUT2D eigenvalue weighted by Crippen LogP contribution is -2.45. The summed E-state index contributed by atoms with van der Waals surface area (Å²) in [7, 11) is 0. The Morgan fingerprint density at radius 3 is 2.60 bits per heavy atom. The minimum atomic E-state index is 0. The lowest BCUT2D eigenvalue weighted by molar-refractivity contribution is 0.172. The molecule has 0 aliphatic carbocycles. The van der Waals surface area contributed by atoms with E-state index in [1.165, 1.54) is 0 Å². The number of nitrogens with one attached hydrogen (secondary N) is 1. The van der Waals surface area contributed by atoms with Crippen LogP contribution in [0.5, 0.6) is 5.75 Å². The Hall–Kier alpha value is -0.450. The van der Waals surface area contributed by atoms with E-state index in [-0.39, 0.29) is 30.9 Å². The minimum Gasteiger partial charge on any atom is -0.508 e. The first-order valence-corrected chi connectivity index (χ1v) is 6.64. The molecule has 2 rings (SSSR count). The first kappa shape index (κ1) is 19.6. The fraction of sp³-hybridized carbons (Fsp3) is 0.429. The van der Waals surface area contributed by atoms with Crippen LogP contribution in [0.4, 0.5) is 0 Å². The zero-order valence-electron chi connectivity index (χ0n) is 11.2. The average molecular weight is 340 g/mol. The van der Waals surface area contributed by atoms with Gasteiger partial charge in [-0.1, -0.05) is 17.7 Å². The third kappa shape index (κ3) is 4.83. The molecule has 1 fully saturated rings. The molecule has 114 valence electrons. The van der Waals surface area contributed by atoms with Gasteiger partial charge < -0.3 is 10.4 Å². The molecule has 0 spiro atoms. The summed E-state index contributed by atoms with van der Waals surface area (Å²) in [6.07, 6.45) is 2.71. The van der Waals surface area contributed by atoms with Crippen molar-refractivity contribution in [1.29, 1.82) is 0 Å². The SMILES string of the molecule is C=CC[C@@H](c1cc(Cl)ccc1O)N1CCNCC1.Cl.Cl. The smallest absolute Gasteiger partial charge is 0.120 e. The fourth-order valence-corrected chi connectivity index (χ4v) is 2.60. The monoisotopic (exact) mass is 338 g/mol. The van der Waals surface area contributed by atoms with E-state index in [0.717, 1.165) is 38.2 Å². The van der Waals surface area contributed by atoms with Crippen LogP contribution in [0.1, 0.15) is 18.0 Å². The zero-order valence-corrected chi connectivity index (χ0v) is 13.6. The molecule has 1 saturated heterocycles. The molecule has 1 heterocycles. The van der Waals surface area contributed by atoms with Gasteiger partial charge in [-0.2, -0.15) is 0 Å². The molecule has 1 atom stereocenters. The Labute approximate surface area is 137 Å². The molecule has 3 nitrogen and oxygen atoms in total. The summed E-state index contributed by atoms with van der Waals surface area (Å²) in [5, 5.41) is 14.0. The van der Waals surface area contributed by atoms with Crippen LogP contribution in [-0.2, 0) is 0 Å². The van der Waals surface area contributed by atoms with Gasteiger partial charge in [0.25, 0.3) is 0 Å². The van der Waals surface area contributed by atoms with E-state index in [1.54, 1.807) is 12.1 Å². The van der Waals surface area contributed by atoms with E-state index in [9.17, 15) is 5.11 Å².